The number of aromatic nitrogens is 3. The fraction of sp³-hybridized carbons (Fsp3) is 0.200. The van der Waals surface area contributed by atoms with Crippen LogP contribution in [0.15, 0.2) is 50.8 Å². The molecule has 0 N–H and O–H groups in total. The van der Waals surface area contributed by atoms with E-state index in [0.29, 0.717) is 11.5 Å². The van der Waals surface area contributed by atoms with Crippen LogP contribution in [0.5, 0.6) is 0 Å². The van der Waals surface area contributed by atoms with Crippen molar-refractivity contribution in [3.63, 3.8) is 0 Å². The van der Waals surface area contributed by atoms with Crippen LogP contribution < -0.4 is 0 Å². The summed E-state index contributed by atoms with van der Waals surface area (Å²) in [6.45, 7) is 1.85. The molecule has 1 aromatic carbocycles. The highest BCUT2D eigenvalue weighted by atomic mass is 32.2. The maximum Gasteiger partial charge on any atom is 0.319 e. The number of thioether (sulfide) groups is 1. The Kier molecular flexibility index (Phi) is 5.04. The molecule has 0 aliphatic rings. The average Bonchev–Trinajstić information content (AvgIpc) is 3.25. The van der Waals surface area contributed by atoms with Gasteiger partial charge in [-0.15, -0.1) is 10.2 Å². The van der Waals surface area contributed by atoms with E-state index in [9.17, 15) is 4.79 Å². The van der Waals surface area contributed by atoms with Gasteiger partial charge >= 0.3 is 5.97 Å². The van der Waals surface area contributed by atoms with Gasteiger partial charge in [-0.1, -0.05) is 58.6 Å². The van der Waals surface area contributed by atoms with Crippen LogP contribution in [0.2, 0.25) is 0 Å². The first kappa shape index (κ1) is 15.7. The van der Waals surface area contributed by atoms with Gasteiger partial charge in [0.15, 0.2) is 10.1 Å². The van der Waals surface area contributed by atoms with Gasteiger partial charge in [-0.3, -0.25) is 4.79 Å². The Balaban J connectivity index is 1.54. The quantitative estimate of drug-likeness (QED) is 0.499. The molecule has 118 valence electrons. The van der Waals surface area contributed by atoms with Gasteiger partial charge in [0, 0.05) is 11.6 Å². The van der Waals surface area contributed by atoms with Crippen molar-refractivity contribution in [3.8, 4) is 11.3 Å². The maximum atomic E-state index is 12.0. The zero-order chi connectivity index (χ0) is 16.1. The van der Waals surface area contributed by atoms with Crippen molar-refractivity contribution >= 4 is 29.1 Å². The molecule has 0 fully saturated rings. The molecule has 1 atom stereocenters. The number of hydrogen-bond acceptors (Lipinski definition) is 8. The van der Waals surface area contributed by atoms with Crippen LogP contribution in [-0.2, 0) is 16.1 Å². The molecule has 0 saturated heterocycles. The number of hydrogen-bond donors (Lipinski definition) is 0. The van der Waals surface area contributed by atoms with E-state index in [-0.39, 0.29) is 17.8 Å². The minimum atomic E-state index is -0.358. The second kappa shape index (κ2) is 7.38. The highest BCUT2D eigenvalue weighted by molar-refractivity contribution is 8.02. The molecule has 0 aliphatic heterocycles. The second-order valence-electron chi connectivity index (χ2n) is 4.62. The minimum absolute atomic E-state index is 0.0795. The third kappa shape index (κ3) is 4.17. The molecule has 3 aromatic rings. The van der Waals surface area contributed by atoms with E-state index in [2.05, 4.69) is 15.4 Å². The second-order valence-corrected chi connectivity index (χ2v) is 7.04. The molecule has 0 saturated carbocycles. The topological polar surface area (TPSA) is 78.1 Å². The Morgan fingerprint density at radius 2 is 2.22 bits per heavy atom. The first-order valence-electron chi connectivity index (χ1n) is 6.83. The van der Waals surface area contributed by atoms with Crippen molar-refractivity contribution in [1.82, 2.24) is 15.4 Å². The lowest BCUT2D eigenvalue weighted by Crippen LogP contribution is -2.16. The van der Waals surface area contributed by atoms with E-state index < -0.39 is 0 Å². The summed E-state index contributed by atoms with van der Waals surface area (Å²) in [6, 6.07) is 11.4. The maximum absolute atomic E-state index is 12.0. The van der Waals surface area contributed by atoms with E-state index in [0.717, 1.165) is 9.90 Å². The normalized spacial score (nSPS) is 12.0. The first-order valence-corrected chi connectivity index (χ1v) is 8.59. The number of carbonyl (C=O) groups excluding carboxylic acids is 1. The number of carbonyl (C=O) groups is 1. The van der Waals surface area contributed by atoms with Crippen LogP contribution in [0, 0.1) is 0 Å². The molecule has 0 amide bonds. The van der Waals surface area contributed by atoms with E-state index >= 15 is 0 Å². The van der Waals surface area contributed by atoms with Gasteiger partial charge in [0.05, 0.1) is 0 Å². The van der Waals surface area contributed by atoms with E-state index in [1.165, 1.54) is 23.1 Å². The molecule has 0 aliphatic carbocycles. The number of esters is 1. The highest BCUT2D eigenvalue weighted by Gasteiger charge is 2.18. The van der Waals surface area contributed by atoms with Crippen molar-refractivity contribution in [1.29, 1.82) is 0 Å². The molecular weight excluding hydrogens is 334 g/mol. The molecular formula is C15H13N3O3S2. The van der Waals surface area contributed by atoms with Crippen LogP contribution in [0.25, 0.3) is 11.3 Å². The van der Waals surface area contributed by atoms with Crippen LogP contribution in [0.3, 0.4) is 0 Å². The smallest absolute Gasteiger partial charge is 0.319 e. The van der Waals surface area contributed by atoms with Crippen LogP contribution in [0.4, 0.5) is 0 Å². The Hall–Kier alpha value is -2.19. The summed E-state index contributed by atoms with van der Waals surface area (Å²) in [7, 11) is 0. The standard InChI is InChI=1S/C15H13N3O3S2/c1-10(23-15-17-16-9-22-15)14(19)20-8-12-7-13(21-18-12)11-5-3-2-4-6-11/h2-7,9-10H,8H2,1H3/t10-/m1/s1. The Morgan fingerprint density at radius 3 is 2.96 bits per heavy atom. The summed E-state index contributed by atoms with van der Waals surface area (Å²) in [4.78, 5) is 12.0. The van der Waals surface area contributed by atoms with Crippen molar-refractivity contribution in [2.24, 2.45) is 0 Å². The largest absolute Gasteiger partial charge is 0.458 e. The van der Waals surface area contributed by atoms with E-state index in [1.54, 1.807) is 18.5 Å². The van der Waals surface area contributed by atoms with E-state index in [1.807, 2.05) is 30.3 Å². The fourth-order valence-corrected chi connectivity index (χ4v) is 3.42. The number of nitrogens with zero attached hydrogens (tertiary/aromatic N) is 3. The Bertz CT molecular complexity index is 759. The molecule has 0 radical (unpaired) electrons. The molecule has 2 aromatic heterocycles. The molecule has 8 heteroatoms. The predicted molar refractivity (Wildman–Crippen MR) is 87.0 cm³/mol. The van der Waals surface area contributed by atoms with Crippen molar-refractivity contribution in [3.05, 3.63) is 47.6 Å². The van der Waals surface area contributed by atoms with Crippen LogP contribution in [0.1, 0.15) is 12.6 Å². The molecule has 0 bridgehead atoms. The zero-order valence-corrected chi connectivity index (χ0v) is 13.8. The van der Waals surface area contributed by atoms with Crippen LogP contribution in [-0.4, -0.2) is 26.6 Å². The van der Waals surface area contributed by atoms with Gasteiger partial charge in [-0.05, 0) is 6.92 Å². The van der Waals surface area contributed by atoms with Crippen LogP contribution >= 0.6 is 23.1 Å². The lowest BCUT2D eigenvalue weighted by atomic mass is 10.2. The Labute approximate surface area is 140 Å². The SMILES string of the molecule is C[C@@H](Sc1nncs1)C(=O)OCc1cc(-c2ccccc2)on1. The lowest BCUT2D eigenvalue weighted by Gasteiger charge is -2.07. The molecule has 23 heavy (non-hydrogen) atoms. The molecule has 3 rings (SSSR count). The number of ether oxygens (including phenoxy) is 1. The monoisotopic (exact) mass is 347 g/mol. The summed E-state index contributed by atoms with van der Waals surface area (Å²) in [5.74, 6) is 0.322. The van der Waals surface area contributed by atoms with Gasteiger partial charge in [0.2, 0.25) is 0 Å². The predicted octanol–water partition coefficient (Wildman–Crippen LogP) is 3.42. The van der Waals surface area contributed by atoms with Crippen molar-refractivity contribution in [2.75, 3.05) is 0 Å². The lowest BCUT2D eigenvalue weighted by molar-refractivity contribution is -0.144. The molecule has 0 spiro atoms. The van der Waals surface area contributed by atoms with Crippen molar-refractivity contribution < 1.29 is 14.1 Å². The third-order valence-corrected chi connectivity index (χ3v) is 4.82. The van der Waals surface area contributed by atoms with E-state index in [4.69, 9.17) is 9.26 Å². The zero-order valence-electron chi connectivity index (χ0n) is 12.2. The van der Waals surface area contributed by atoms with Gasteiger partial charge in [-0.2, -0.15) is 0 Å². The minimum Gasteiger partial charge on any atom is -0.458 e. The third-order valence-electron chi connectivity index (χ3n) is 2.93. The molecule has 2 heterocycles. The summed E-state index contributed by atoms with van der Waals surface area (Å²) in [5, 5.41) is 11.2. The fourth-order valence-electron chi connectivity index (χ4n) is 1.79. The molecule has 6 nitrogen and oxygen atoms in total. The van der Waals surface area contributed by atoms with Crippen molar-refractivity contribution in [2.45, 2.75) is 23.1 Å². The summed E-state index contributed by atoms with van der Waals surface area (Å²) in [6.07, 6.45) is 0. The highest BCUT2D eigenvalue weighted by Crippen LogP contribution is 2.25. The summed E-state index contributed by atoms with van der Waals surface area (Å²) in [5.41, 5.74) is 3.13. The van der Waals surface area contributed by atoms with Gasteiger partial charge in [0.25, 0.3) is 0 Å². The number of benzene rings is 1. The summed E-state index contributed by atoms with van der Waals surface area (Å²) < 4.78 is 11.3. The number of rotatable bonds is 6. The Morgan fingerprint density at radius 1 is 1.39 bits per heavy atom. The summed E-state index contributed by atoms with van der Waals surface area (Å²) >= 11 is 2.71. The average molecular weight is 347 g/mol. The molecule has 0 unspecified atom stereocenters. The van der Waals surface area contributed by atoms with Gasteiger partial charge in [0.1, 0.15) is 23.1 Å². The van der Waals surface area contributed by atoms with Gasteiger partial charge < -0.3 is 9.26 Å². The first-order chi connectivity index (χ1) is 11.2. The van der Waals surface area contributed by atoms with Gasteiger partial charge in [-0.25, -0.2) is 0 Å².